The molecule has 0 atom stereocenters. The predicted molar refractivity (Wildman–Crippen MR) is 99.5 cm³/mol. The monoisotopic (exact) mass is 396 g/mol. The van der Waals surface area contributed by atoms with Crippen molar-refractivity contribution in [2.45, 2.75) is 51.6 Å². The van der Waals surface area contributed by atoms with E-state index in [1.165, 1.54) is 24.3 Å². The first-order chi connectivity index (χ1) is 13.5. The first kappa shape index (κ1) is 20.6. The van der Waals surface area contributed by atoms with Gasteiger partial charge in [0.1, 0.15) is 0 Å². The van der Waals surface area contributed by atoms with Crippen molar-refractivity contribution in [3.63, 3.8) is 0 Å². The van der Waals surface area contributed by atoms with Gasteiger partial charge in [0.05, 0.1) is 12.7 Å². The maximum Gasteiger partial charge on any atom is 0.201 e. The van der Waals surface area contributed by atoms with Crippen LogP contribution in [0.2, 0.25) is 0 Å². The molecule has 0 unspecified atom stereocenters. The topological polar surface area (TPSA) is 18.5 Å². The molecule has 1 saturated carbocycles. The smallest absolute Gasteiger partial charge is 0.201 e. The molecule has 1 fully saturated rings. The molecule has 0 heterocycles. The van der Waals surface area contributed by atoms with Crippen LogP contribution in [0.3, 0.4) is 0 Å². The Bertz CT molecular complexity index is 830. The zero-order chi connectivity index (χ0) is 20.3. The summed E-state index contributed by atoms with van der Waals surface area (Å²) in [5.41, 5.74) is -0.351. The standard InChI is InChI=1S/C22H24F4O2/c1-3-27-14-7-5-13(6-8-14)15-9-10-16(20(24)19(15)23)17-11-12-18(28-4-2)22(26)21(17)25/h9-14H,3-8H2,1-2H3. The first-order valence-electron chi connectivity index (χ1n) is 9.68. The van der Waals surface area contributed by atoms with Gasteiger partial charge in [-0.25, -0.2) is 13.2 Å². The van der Waals surface area contributed by atoms with Crippen molar-refractivity contribution in [1.29, 1.82) is 0 Å². The zero-order valence-corrected chi connectivity index (χ0v) is 16.0. The van der Waals surface area contributed by atoms with Crippen molar-refractivity contribution in [3.8, 4) is 16.9 Å². The van der Waals surface area contributed by atoms with E-state index in [-0.39, 0.29) is 41.1 Å². The molecular formula is C22H24F4O2. The molecule has 3 rings (SSSR count). The van der Waals surface area contributed by atoms with Crippen LogP contribution >= 0.6 is 0 Å². The third-order valence-corrected chi connectivity index (χ3v) is 5.27. The van der Waals surface area contributed by atoms with E-state index >= 15 is 0 Å². The van der Waals surface area contributed by atoms with E-state index in [2.05, 4.69) is 0 Å². The number of hydrogen-bond donors (Lipinski definition) is 0. The van der Waals surface area contributed by atoms with Crippen molar-refractivity contribution in [3.05, 3.63) is 53.1 Å². The Morgan fingerprint density at radius 1 is 0.750 bits per heavy atom. The van der Waals surface area contributed by atoms with Gasteiger partial charge in [-0.15, -0.1) is 0 Å². The highest BCUT2D eigenvalue weighted by Crippen LogP contribution is 2.39. The van der Waals surface area contributed by atoms with Crippen molar-refractivity contribution in [2.75, 3.05) is 13.2 Å². The van der Waals surface area contributed by atoms with Crippen molar-refractivity contribution < 1.29 is 27.0 Å². The third kappa shape index (κ3) is 4.02. The largest absolute Gasteiger partial charge is 0.491 e. The summed E-state index contributed by atoms with van der Waals surface area (Å²) in [5, 5.41) is 0. The highest BCUT2D eigenvalue weighted by molar-refractivity contribution is 5.66. The maximum absolute atomic E-state index is 14.8. The fourth-order valence-electron chi connectivity index (χ4n) is 3.87. The van der Waals surface area contributed by atoms with Crippen LogP contribution in [0, 0.1) is 23.3 Å². The molecule has 0 N–H and O–H groups in total. The minimum atomic E-state index is -1.26. The van der Waals surface area contributed by atoms with Gasteiger partial charge in [0.2, 0.25) is 5.82 Å². The summed E-state index contributed by atoms with van der Waals surface area (Å²) >= 11 is 0. The quantitative estimate of drug-likeness (QED) is 0.528. The van der Waals surface area contributed by atoms with Crippen LogP contribution < -0.4 is 4.74 Å². The normalized spacial score (nSPS) is 19.6. The van der Waals surface area contributed by atoms with Crippen LogP contribution in [0.4, 0.5) is 17.6 Å². The van der Waals surface area contributed by atoms with E-state index < -0.39 is 23.3 Å². The molecule has 0 spiro atoms. The van der Waals surface area contributed by atoms with E-state index in [1.54, 1.807) is 6.92 Å². The molecule has 0 amide bonds. The number of hydrogen-bond acceptors (Lipinski definition) is 2. The summed E-state index contributed by atoms with van der Waals surface area (Å²) in [5.74, 6) is -4.99. The van der Waals surface area contributed by atoms with E-state index in [0.29, 0.717) is 19.4 Å². The van der Waals surface area contributed by atoms with Crippen LogP contribution in [0.1, 0.15) is 51.0 Å². The molecule has 0 aromatic heterocycles. The second-order valence-electron chi connectivity index (χ2n) is 6.93. The number of halogens is 4. The Morgan fingerprint density at radius 3 is 1.96 bits per heavy atom. The lowest BCUT2D eigenvalue weighted by atomic mass is 9.82. The zero-order valence-electron chi connectivity index (χ0n) is 16.0. The molecule has 2 aromatic rings. The maximum atomic E-state index is 14.8. The average Bonchev–Trinajstić information content (AvgIpc) is 2.69. The molecule has 1 aliphatic carbocycles. The number of ether oxygens (including phenoxy) is 2. The summed E-state index contributed by atoms with van der Waals surface area (Å²) in [6.45, 7) is 4.37. The Balaban J connectivity index is 1.88. The SMILES string of the molecule is CCOc1ccc(-c2ccc(C3CCC(OCC)CC3)c(F)c2F)c(F)c1F. The van der Waals surface area contributed by atoms with Crippen molar-refractivity contribution in [2.24, 2.45) is 0 Å². The lowest BCUT2D eigenvalue weighted by molar-refractivity contribution is 0.0325. The second kappa shape index (κ2) is 8.95. The summed E-state index contributed by atoms with van der Waals surface area (Å²) < 4.78 is 68.6. The van der Waals surface area contributed by atoms with E-state index in [1.807, 2.05) is 6.92 Å². The Hall–Kier alpha value is -2.08. The molecule has 152 valence electrons. The molecule has 2 nitrogen and oxygen atoms in total. The van der Waals surface area contributed by atoms with Crippen LogP contribution in [0.5, 0.6) is 5.75 Å². The fraction of sp³-hybridized carbons (Fsp3) is 0.455. The molecule has 28 heavy (non-hydrogen) atoms. The van der Waals surface area contributed by atoms with E-state index in [4.69, 9.17) is 9.47 Å². The Kier molecular flexibility index (Phi) is 6.60. The fourth-order valence-corrected chi connectivity index (χ4v) is 3.87. The Morgan fingerprint density at radius 2 is 1.36 bits per heavy atom. The van der Waals surface area contributed by atoms with Gasteiger partial charge in [-0.1, -0.05) is 12.1 Å². The van der Waals surface area contributed by atoms with Gasteiger partial charge in [-0.3, -0.25) is 0 Å². The minimum absolute atomic E-state index is 0.109. The second-order valence-corrected chi connectivity index (χ2v) is 6.93. The molecule has 0 saturated heterocycles. The summed E-state index contributed by atoms with van der Waals surface area (Å²) in [4.78, 5) is 0. The van der Waals surface area contributed by atoms with Gasteiger partial charge < -0.3 is 9.47 Å². The van der Waals surface area contributed by atoms with Gasteiger partial charge in [0, 0.05) is 17.7 Å². The highest BCUT2D eigenvalue weighted by atomic mass is 19.2. The molecule has 0 radical (unpaired) electrons. The van der Waals surface area contributed by atoms with Crippen molar-refractivity contribution >= 4 is 0 Å². The molecule has 2 aromatic carbocycles. The molecule has 1 aliphatic rings. The highest BCUT2D eigenvalue weighted by Gasteiger charge is 2.27. The van der Waals surface area contributed by atoms with Gasteiger partial charge in [0.25, 0.3) is 0 Å². The van der Waals surface area contributed by atoms with Crippen molar-refractivity contribution in [1.82, 2.24) is 0 Å². The minimum Gasteiger partial charge on any atom is -0.491 e. The summed E-state index contributed by atoms with van der Waals surface area (Å²) in [6, 6.07) is 5.22. The molecule has 6 heteroatoms. The van der Waals surface area contributed by atoms with Gasteiger partial charge >= 0.3 is 0 Å². The summed E-state index contributed by atoms with van der Waals surface area (Å²) in [7, 11) is 0. The Labute approximate surface area is 162 Å². The lowest BCUT2D eigenvalue weighted by Crippen LogP contribution is -2.21. The van der Waals surface area contributed by atoms with E-state index in [9.17, 15) is 17.6 Å². The predicted octanol–water partition coefficient (Wildman–Crippen LogP) is 6.37. The third-order valence-electron chi connectivity index (χ3n) is 5.27. The van der Waals surface area contributed by atoms with Crippen LogP contribution in [0.25, 0.3) is 11.1 Å². The van der Waals surface area contributed by atoms with Crippen LogP contribution in [-0.2, 0) is 4.74 Å². The lowest BCUT2D eigenvalue weighted by Gasteiger charge is -2.29. The van der Waals surface area contributed by atoms with Gasteiger partial charge in [0.15, 0.2) is 23.2 Å². The number of rotatable bonds is 6. The van der Waals surface area contributed by atoms with Gasteiger partial charge in [-0.05, 0) is 63.1 Å². The first-order valence-corrected chi connectivity index (χ1v) is 9.68. The van der Waals surface area contributed by atoms with Gasteiger partial charge in [-0.2, -0.15) is 4.39 Å². The summed E-state index contributed by atoms with van der Waals surface area (Å²) in [6.07, 6.45) is 3.15. The van der Waals surface area contributed by atoms with Crippen LogP contribution in [0.15, 0.2) is 24.3 Å². The van der Waals surface area contributed by atoms with Crippen LogP contribution in [-0.4, -0.2) is 19.3 Å². The molecular weight excluding hydrogens is 372 g/mol. The average molecular weight is 396 g/mol. The van der Waals surface area contributed by atoms with E-state index in [0.717, 1.165) is 12.8 Å². The molecule has 0 bridgehead atoms. The number of benzene rings is 2. The molecule has 0 aliphatic heterocycles.